The van der Waals surface area contributed by atoms with E-state index in [1.165, 1.54) is 21.5 Å². The van der Waals surface area contributed by atoms with E-state index in [-0.39, 0.29) is 0 Å². The highest BCUT2D eigenvalue weighted by molar-refractivity contribution is 7.99. The maximum atomic E-state index is 4.54. The van der Waals surface area contributed by atoms with E-state index in [9.17, 15) is 0 Å². The lowest BCUT2D eigenvalue weighted by Gasteiger charge is -1.97. The number of fused-ring (bicyclic) bond motifs is 1. The lowest BCUT2D eigenvalue weighted by Crippen LogP contribution is -1.87. The number of hydrogen-bond acceptors (Lipinski definition) is 7. The Hall–Kier alpha value is -1.77. The molecule has 4 aromatic rings. The molecule has 0 aliphatic heterocycles. The van der Waals surface area contributed by atoms with Gasteiger partial charge in [-0.3, -0.25) is 5.10 Å². The van der Waals surface area contributed by atoms with Gasteiger partial charge in [0, 0.05) is 21.6 Å². The first kappa shape index (κ1) is 13.9. The minimum absolute atomic E-state index is 0.690. The van der Waals surface area contributed by atoms with Gasteiger partial charge in [-0.2, -0.15) is 0 Å². The number of hydrogen-bond donors (Lipinski definition) is 1. The number of nitrogens with one attached hydrogen (secondary N) is 1. The van der Waals surface area contributed by atoms with Gasteiger partial charge in [-0.05, 0) is 36.2 Å². The molecule has 0 fully saturated rings. The first-order chi connectivity index (χ1) is 10.8. The van der Waals surface area contributed by atoms with Crippen LogP contribution < -0.4 is 0 Å². The molecule has 0 saturated carbocycles. The average Bonchev–Trinajstić information content (AvgIpc) is 3.21. The Morgan fingerprint density at radius 1 is 1.32 bits per heavy atom. The second-order valence-electron chi connectivity index (χ2n) is 4.68. The van der Waals surface area contributed by atoms with Crippen molar-refractivity contribution in [2.45, 2.75) is 23.5 Å². The van der Waals surface area contributed by atoms with Crippen LogP contribution in [0.2, 0.25) is 0 Å². The van der Waals surface area contributed by atoms with Crippen LogP contribution in [0.3, 0.4) is 0 Å². The average molecular weight is 345 g/mol. The van der Waals surface area contributed by atoms with Crippen LogP contribution in [0.15, 0.2) is 40.1 Å². The van der Waals surface area contributed by atoms with Crippen molar-refractivity contribution in [2.75, 3.05) is 0 Å². The van der Waals surface area contributed by atoms with Crippen LogP contribution in [0.5, 0.6) is 0 Å². The zero-order chi connectivity index (χ0) is 14.9. The lowest BCUT2D eigenvalue weighted by atomic mass is 10.3. The molecular weight excluding hydrogens is 334 g/mol. The topological polar surface area (TPSA) is 67.3 Å². The maximum Gasteiger partial charge on any atom is 0.214 e. The number of aryl methyl sites for hydroxylation is 1. The summed E-state index contributed by atoms with van der Waals surface area (Å²) < 4.78 is 0. The molecule has 0 aliphatic rings. The van der Waals surface area contributed by atoms with Crippen molar-refractivity contribution in [3.05, 3.63) is 45.5 Å². The first-order valence-corrected chi connectivity index (χ1v) is 9.12. The zero-order valence-electron chi connectivity index (χ0n) is 11.6. The third-order valence-corrected chi connectivity index (χ3v) is 5.76. The van der Waals surface area contributed by atoms with Gasteiger partial charge in [-0.1, -0.05) is 6.07 Å². The quantitative estimate of drug-likeness (QED) is 0.568. The van der Waals surface area contributed by atoms with Crippen molar-refractivity contribution >= 4 is 44.7 Å². The highest BCUT2D eigenvalue weighted by Crippen LogP contribution is 2.32. The van der Waals surface area contributed by atoms with Crippen molar-refractivity contribution in [3.8, 4) is 0 Å². The summed E-state index contributed by atoms with van der Waals surface area (Å²) in [4.78, 5) is 16.7. The third kappa shape index (κ3) is 2.77. The van der Waals surface area contributed by atoms with Crippen molar-refractivity contribution < 1.29 is 0 Å². The van der Waals surface area contributed by atoms with Gasteiger partial charge >= 0.3 is 0 Å². The zero-order valence-corrected chi connectivity index (χ0v) is 14.1. The van der Waals surface area contributed by atoms with Crippen LogP contribution >= 0.6 is 34.4 Å². The number of rotatable bonds is 4. The SMILES string of the molecule is Cc1cc2c(Sc3n[nH]c(Cc4cccs4)n3)ncnc2s1. The second-order valence-corrected chi connectivity index (χ2v) is 7.90. The smallest absolute Gasteiger partial charge is 0.214 e. The predicted octanol–water partition coefficient (Wildman–Crippen LogP) is 3.92. The first-order valence-electron chi connectivity index (χ1n) is 6.60. The van der Waals surface area contributed by atoms with Crippen LogP contribution in [0.1, 0.15) is 15.6 Å². The predicted molar refractivity (Wildman–Crippen MR) is 89.8 cm³/mol. The van der Waals surface area contributed by atoms with Gasteiger partial charge in [0.1, 0.15) is 22.0 Å². The molecule has 0 saturated heterocycles. The summed E-state index contributed by atoms with van der Waals surface area (Å²) in [6.45, 7) is 2.08. The molecule has 4 heterocycles. The van der Waals surface area contributed by atoms with Gasteiger partial charge in [-0.25, -0.2) is 15.0 Å². The Balaban J connectivity index is 1.59. The summed E-state index contributed by atoms with van der Waals surface area (Å²) in [5, 5.41) is 12.0. The molecule has 5 nitrogen and oxygen atoms in total. The highest BCUT2D eigenvalue weighted by Gasteiger charge is 2.12. The molecule has 110 valence electrons. The van der Waals surface area contributed by atoms with Crippen molar-refractivity contribution in [1.29, 1.82) is 0 Å². The van der Waals surface area contributed by atoms with Gasteiger partial charge in [-0.15, -0.1) is 27.8 Å². The fraction of sp³-hybridized carbons (Fsp3) is 0.143. The molecule has 0 bridgehead atoms. The Kier molecular flexibility index (Phi) is 3.65. The van der Waals surface area contributed by atoms with Crippen molar-refractivity contribution in [3.63, 3.8) is 0 Å². The normalized spacial score (nSPS) is 11.3. The summed E-state index contributed by atoms with van der Waals surface area (Å²) in [6.07, 6.45) is 2.38. The van der Waals surface area contributed by atoms with Gasteiger partial charge in [0.2, 0.25) is 5.16 Å². The van der Waals surface area contributed by atoms with Crippen LogP contribution in [0.4, 0.5) is 0 Å². The van der Waals surface area contributed by atoms with Crippen LogP contribution in [0, 0.1) is 6.92 Å². The Bertz CT molecular complexity index is 910. The van der Waals surface area contributed by atoms with E-state index in [0.717, 1.165) is 27.5 Å². The molecule has 0 amide bonds. The number of aromatic amines is 1. The van der Waals surface area contributed by atoms with Gasteiger partial charge in [0.25, 0.3) is 0 Å². The van der Waals surface area contributed by atoms with Gasteiger partial charge in [0.05, 0.1) is 0 Å². The highest BCUT2D eigenvalue weighted by atomic mass is 32.2. The standard InChI is InChI=1S/C14H11N5S3/c1-8-5-10-12(21-8)15-7-16-13(10)22-14-17-11(18-19-14)6-9-3-2-4-20-9/h2-5,7H,6H2,1H3,(H,17,18,19). The van der Waals surface area contributed by atoms with Crippen LogP contribution in [0.25, 0.3) is 10.2 Å². The minimum atomic E-state index is 0.690. The van der Waals surface area contributed by atoms with E-state index in [1.54, 1.807) is 29.0 Å². The molecule has 0 spiro atoms. The van der Waals surface area contributed by atoms with Crippen molar-refractivity contribution in [1.82, 2.24) is 25.1 Å². The van der Waals surface area contributed by atoms with Crippen LogP contribution in [-0.2, 0) is 6.42 Å². The van der Waals surface area contributed by atoms with E-state index in [0.29, 0.717) is 5.16 Å². The fourth-order valence-electron chi connectivity index (χ4n) is 2.10. The summed E-state index contributed by atoms with van der Waals surface area (Å²) >= 11 is 4.86. The largest absolute Gasteiger partial charge is 0.262 e. The summed E-state index contributed by atoms with van der Waals surface area (Å²) in [6, 6.07) is 6.26. The van der Waals surface area contributed by atoms with Gasteiger partial charge in [0.15, 0.2) is 0 Å². The number of thiophene rings is 2. The van der Waals surface area contributed by atoms with E-state index < -0.39 is 0 Å². The lowest BCUT2D eigenvalue weighted by molar-refractivity contribution is 0.957. The molecule has 1 N–H and O–H groups in total. The summed E-state index contributed by atoms with van der Waals surface area (Å²) in [5.74, 6) is 0.872. The Morgan fingerprint density at radius 3 is 3.14 bits per heavy atom. The number of aromatic nitrogens is 5. The maximum absolute atomic E-state index is 4.54. The van der Waals surface area contributed by atoms with E-state index in [2.05, 4.69) is 49.6 Å². The molecule has 4 rings (SSSR count). The Labute approximate surface area is 138 Å². The molecule has 22 heavy (non-hydrogen) atoms. The Morgan fingerprint density at radius 2 is 2.27 bits per heavy atom. The molecule has 0 radical (unpaired) electrons. The monoisotopic (exact) mass is 345 g/mol. The molecule has 0 aromatic carbocycles. The molecule has 4 aromatic heterocycles. The van der Waals surface area contributed by atoms with Crippen LogP contribution in [-0.4, -0.2) is 25.1 Å². The van der Waals surface area contributed by atoms with Gasteiger partial charge < -0.3 is 0 Å². The fourth-order valence-corrected chi connectivity index (χ4v) is 4.51. The molecule has 8 heteroatoms. The van der Waals surface area contributed by atoms with Crippen molar-refractivity contribution in [2.24, 2.45) is 0 Å². The van der Waals surface area contributed by atoms with E-state index >= 15 is 0 Å². The second kappa shape index (κ2) is 5.79. The molecule has 0 aliphatic carbocycles. The number of nitrogens with zero attached hydrogens (tertiary/aromatic N) is 4. The van der Waals surface area contributed by atoms with E-state index in [1.807, 2.05) is 6.07 Å². The van der Waals surface area contributed by atoms with E-state index in [4.69, 9.17) is 0 Å². The molecule has 0 atom stereocenters. The summed E-state index contributed by atoms with van der Waals surface area (Å²) in [7, 11) is 0. The minimum Gasteiger partial charge on any atom is -0.262 e. The third-order valence-electron chi connectivity index (χ3n) is 3.04. The molecular formula is C14H11N5S3. The number of H-pyrrole nitrogens is 1. The molecule has 0 unspecified atom stereocenters. The summed E-state index contributed by atoms with van der Waals surface area (Å²) in [5.41, 5.74) is 0.